The van der Waals surface area contributed by atoms with Crippen molar-refractivity contribution in [3.05, 3.63) is 42.0 Å². The number of Topliss-reactive ketones (excluding diaryl/α,β-unsaturated/α-hetero) is 1. The molecule has 0 radical (unpaired) electrons. The molecule has 0 fully saturated rings. The van der Waals surface area contributed by atoms with Crippen LogP contribution in [0.15, 0.2) is 30.9 Å². The van der Waals surface area contributed by atoms with E-state index in [2.05, 4.69) is 25.7 Å². The summed E-state index contributed by atoms with van der Waals surface area (Å²) in [4.78, 5) is 23.6. The van der Waals surface area contributed by atoms with Crippen LogP contribution in [0.3, 0.4) is 0 Å². The SMILES string of the molecule is C=CC(=O)Nc1cc(C(C)C)ccc1C(=O)C(C)C. The van der Waals surface area contributed by atoms with Crippen molar-refractivity contribution in [3.63, 3.8) is 0 Å². The van der Waals surface area contributed by atoms with Gasteiger partial charge in [0.2, 0.25) is 5.91 Å². The van der Waals surface area contributed by atoms with Gasteiger partial charge in [0.15, 0.2) is 5.78 Å². The summed E-state index contributed by atoms with van der Waals surface area (Å²) in [5.41, 5.74) is 2.20. The molecule has 0 saturated carbocycles. The Morgan fingerprint density at radius 3 is 2.32 bits per heavy atom. The zero-order valence-corrected chi connectivity index (χ0v) is 12.0. The fraction of sp³-hybridized carbons (Fsp3) is 0.375. The van der Waals surface area contributed by atoms with Crippen LogP contribution in [0.25, 0.3) is 0 Å². The molecule has 0 aromatic heterocycles. The zero-order chi connectivity index (χ0) is 14.6. The molecular formula is C16H21NO2. The second-order valence-corrected chi connectivity index (χ2v) is 5.17. The van der Waals surface area contributed by atoms with Gasteiger partial charge in [-0.05, 0) is 29.7 Å². The highest BCUT2D eigenvalue weighted by molar-refractivity contribution is 6.07. The van der Waals surface area contributed by atoms with Gasteiger partial charge < -0.3 is 5.32 Å². The molecule has 0 atom stereocenters. The van der Waals surface area contributed by atoms with Crippen molar-refractivity contribution in [2.24, 2.45) is 5.92 Å². The second-order valence-electron chi connectivity index (χ2n) is 5.17. The quantitative estimate of drug-likeness (QED) is 0.646. The Morgan fingerprint density at radius 1 is 1.21 bits per heavy atom. The van der Waals surface area contributed by atoms with E-state index in [1.165, 1.54) is 6.08 Å². The first-order valence-electron chi connectivity index (χ1n) is 6.48. The molecule has 0 saturated heterocycles. The molecule has 1 rings (SSSR count). The number of rotatable bonds is 5. The molecule has 1 N–H and O–H groups in total. The third-order valence-electron chi connectivity index (χ3n) is 2.94. The van der Waals surface area contributed by atoms with E-state index in [1.54, 1.807) is 6.07 Å². The molecule has 1 amide bonds. The van der Waals surface area contributed by atoms with Crippen molar-refractivity contribution in [2.75, 3.05) is 5.32 Å². The standard InChI is InChI=1S/C16H21NO2/c1-6-15(18)17-14-9-12(10(2)3)7-8-13(14)16(19)11(4)5/h6-11H,1H2,2-5H3,(H,17,18). The smallest absolute Gasteiger partial charge is 0.247 e. The highest BCUT2D eigenvalue weighted by Crippen LogP contribution is 2.25. The van der Waals surface area contributed by atoms with Crippen molar-refractivity contribution >= 4 is 17.4 Å². The molecule has 1 aromatic carbocycles. The lowest BCUT2D eigenvalue weighted by atomic mass is 9.95. The van der Waals surface area contributed by atoms with Crippen LogP contribution in [0, 0.1) is 5.92 Å². The topological polar surface area (TPSA) is 46.2 Å². The summed E-state index contributed by atoms with van der Waals surface area (Å²) in [5, 5.41) is 2.71. The maximum absolute atomic E-state index is 12.1. The van der Waals surface area contributed by atoms with Crippen LogP contribution in [0.1, 0.15) is 49.5 Å². The van der Waals surface area contributed by atoms with Crippen LogP contribution in [0.5, 0.6) is 0 Å². The summed E-state index contributed by atoms with van der Waals surface area (Å²) in [6.07, 6.45) is 1.20. The van der Waals surface area contributed by atoms with Crippen LogP contribution in [-0.4, -0.2) is 11.7 Å². The van der Waals surface area contributed by atoms with Gasteiger partial charge in [0.1, 0.15) is 0 Å². The van der Waals surface area contributed by atoms with Crippen molar-refractivity contribution in [3.8, 4) is 0 Å². The molecule has 3 nitrogen and oxygen atoms in total. The third-order valence-corrected chi connectivity index (χ3v) is 2.94. The van der Waals surface area contributed by atoms with E-state index in [0.29, 0.717) is 17.2 Å². The van der Waals surface area contributed by atoms with Gasteiger partial charge in [-0.3, -0.25) is 9.59 Å². The zero-order valence-electron chi connectivity index (χ0n) is 12.0. The first-order chi connectivity index (χ1) is 8.86. The van der Waals surface area contributed by atoms with E-state index < -0.39 is 0 Å². The molecule has 0 unspecified atom stereocenters. The van der Waals surface area contributed by atoms with Gasteiger partial charge >= 0.3 is 0 Å². The number of hydrogen-bond donors (Lipinski definition) is 1. The number of carbonyl (C=O) groups is 2. The molecule has 102 valence electrons. The lowest BCUT2D eigenvalue weighted by Gasteiger charge is -2.14. The minimum atomic E-state index is -0.307. The Balaban J connectivity index is 3.25. The highest BCUT2D eigenvalue weighted by Gasteiger charge is 2.16. The third kappa shape index (κ3) is 3.78. The predicted octanol–water partition coefficient (Wildman–Crippen LogP) is 3.77. The molecule has 0 aliphatic rings. The van der Waals surface area contributed by atoms with E-state index in [0.717, 1.165) is 5.56 Å². The van der Waals surface area contributed by atoms with Gasteiger partial charge in [0.05, 0.1) is 5.69 Å². The maximum atomic E-state index is 12.1. The minimum Gasteiger partial charge on any atom is -0.322 e. The second kappa shape index (κ2) is 6.32. The summed E-state index contributed by atoms with van der Waals surface area (Å²) in [5.74, 6) is -0.0553. The van der Waals surface area contributed by atoms with Crippen molar-refractivity contribution in [1.82, 2.24) is 0 Å². The number of nitrogens with one attached hydrogen (secondary N) is 1. The Labute approximate surface area is 114 Å². The van der Waals surface area contributed by atoms with E-state index in [-0.39, 0.29) is 17.6 Å². The van der Waals surface area contributed by atoms with Crippen LogP contribution >= 0.6 is 0 Å². The molecule has 1 aromatic rings. The summed E-state index contributed by atoms with van der Waals surface area (Å²) in [6.45, 7) is 11.3. The van der Waals surface area contributed by atoms with Gasteiger partial charge in [0.25, 0.3) is 0 Å². The number of hydrogen-bond acceptors (Lipinski definition) is 2. The van der Waals surface area contributed by atoms with Gasteiger partial charge in [-0.25, -0.2) is 0 Å². The van der Waals surface area contributed by atoms with Crippen molar-refractivity contribution < 1.29 is 9.59 Å². The van der Waals surface area contributed by atoms with Gasteiger partial charge in [-0.1, -0.05) is 40.3 Å². The molecule has 0 bridgehead atoms. The van der Waals surface area contributed by atoms with Crippen LogP contribution in [0.4, 0.5) is 5.69 Å². The Bertz CT molecular complexity index is 501. The Morgan fingerprint density at radius 2 is 1.84 bits per heavy atom. The first-order valence-corrected chi connectivity index (χ1v) is 6.48. The number of anilines is 1. The monoisotopic (exact) mass is 259 g/mol. The van der Waals surface area contributed by atoms with Crippen molar-refractivity contribution in [1.29, 1.82) is 0 Å². The summed E-state index contributed by atoms with van der Waals surface area (Å²) >= 11 is 0. The average molecular weight is 259 g/mol. The molecule has 19 heavy (non-hydrogen) atoms. The highest BCUT2D eigenvalue weighted by atomic mass is 16.1. The minimum absolute atomic E-state index is 0.0228. The number of carbonyl (C=O) groups excluding carboxylic acids is 2. The van der Waals surface area contributed by atoms with Crippen LogP contribution < -0.4 is 5.32 Å². The van der Waals surface area contributed by atoms with Crippen LogP contribution in [0.2, 0.25) is 0 Å². The lowest BCUT2D eigenvalue weighted by Crippen LogP contribution is -2.15. The van der Waals surface area contributed by atoms with Crippen LogP contribution in [-0.2, 0) is 4.79 Å². The van der Waals surface area contributed by atoms with E-state index >= 15 is 0 Å². The lowest BCUT2D eigenvalue weighted by molar-refractivity contribution is -0.111. The van der Waals surface area contributed by atoms with Gasteiger partial charge in [-0.2, -0.15) is 0 Å². The number of amides is 1. The molecule has 0 spiro atoms. The maximum Gasteiger partial charge on any atom is 0.247 e. The molecule has 0 aliphatic carbocycles. The molecule has 0 aliphatic heterocycles. The molecular weight excluding hydrogens is 238 g/mol. The summed E-state index contributed by atoms with van der Waals surface area (Å²) in [6, 6.07) is 5.59. The van der Waals surface area contributed by atoms with Gasteiger partial charge in [-0.15, -0.1) is 0 Å². The summed E-state index contributed by atoms with van der Waals surface area (Å²) < 4.78 is 0. The number of ketones is 1. The molecule has 3 heteroatoms. The van der Waals surface area contributed by atoms with E-state index in [1.807, 2.05) is 26.0 Å². The fourth-order valence-electron chi connectivity index (χ4n) is 1.73. The first kappa shape index (κ1) is 15.2. The normalized spacial score (nSPS) is 10.6. The molecule has 0 heterocycles. The van der Waals surface area contributed by atoms with Gasteiger partial charge in [0, 0.05) is 11.5 Å². The average Bonchev–Trinajstić information content (AvgIpc) is 2.37. The predicted molar refractivity (Wildman–Crippen MR) is 78.5 cm³/mol. The van der Waals surface area contributed by atoms with E-state index in [4.69, 9.17) is 0 Å². The summed E-state index contributed by atoms with van der Waals surface area (Å²) in [7, 11) is 0. The fourth-order valence-corrected chi connectivity index (χ4v) is 1.73. The number of benzene rings is 1. The Kier molecular flexibility index (Phi) is 5.04. The van der Waals surface area contributed by atoms with E-state index in [9.17, 15) is 9.59 Å². The Hall–Kier alpha value is -1.90. The largest absolute Gasteiger partial charge is 0.322 e. The van der Waals surface area contributed by atoms with Crippen molar-refractivity contribution in [2.45, 2.75) is 33.6 Å².